The highest BCUT2D eigenvalue weighted by atomic mass is 16.6. The monoisotopic (exact) mass is 373 g/mol. The molecule has 8 heteroatoms. The van der Waals surface area contributed by atoms with Gasteiger partial charge in [-0.15, -0.1) is 0 Å². The van der Waals surface area contributed by atoms with Gasteiger partial charge < -0.3 is 23.9 Å². The molecule has 3 rings (SSSR count). The number of carbonyl (C=O) groups excluding carboxylic acids is 2. The lowest BCUT2D eigenvalue weighted by Gasteiger charge is -2.26. The first-order valence-electron chi connectivity index (χ1n) is 8.37. The van der Waals surface area contributed by atoms with E-state index in [0.29, 0.717) is 23.7 Å². The van der Waals surface area contributed by atoms with Crippen LogP contribution in [0.25, 0.3) is 0 Å². The number of hydrogen-bond donors (Lipinski definition) is 1. The molecule has 0 spiro atoms. The minimum Gasteiger partial charge on any atom is -0.486 e. The zero-order valence-corrected chi connectivity index (χ0v) is 14.9. The van der Waals surface area contributed by atoms with Crippen LogP contribution in [0.4, 0.5) is 0 Å². The molecular weight excluding hydrogens is 354 g/mol. The molecule has 1 aromatic heterocycles. The fourth-order valence-corrected chi connectivity index (χ4v) is 2.71. The summed E-state index contributed by atoms with van der Waals surface area (Å²) in [6, 6.07) is 8.47. The van der Waals surface area contributed by atoms with Crippen LogP contribution in [0.15, 0.2) is 39.5 Å². The molecule has 1 aromatic carbocycles. The molecule has 0 fully saturated rings. The van der Waals surface area contributed by atoms with Crippen LogP contribution in [-0.2, 0) is 9.53 Å². The lowest BCUT2D eigenvalue weighted by Crippen LogP contribution is -2.42. The lowest BCUT2D eigenvalue weighted by atomic mass is 10.1. The number of aryl methyl sites for hydroxylation is 2. The van der Waals surface area contributed by atoms with E-state index in [-0.39, 0.29) is 24.0 Å². The number of nitrogens with one attached hydrogen (secondary N) is 1. The van der Waals surface area contributed by atoms with E-state index >= 15 is 0 Å². The Morgan fingerprint density at radius 1 is 1.22 bits per heavy atom. The third-order valence-electron chi connectivity index (χ3n) is 3.97. The molecule has 27 heavy (non-hydrogen) atoms. The summed E-state index contributed by atoms with van der Waals surface area (Å²) in [5.41, 5.74) is 0.0270. The molecule has 0 bridgehead atoms. The zero-order chi connectivity index (χ0) is 19.4. The van der Waals surface area contributed by atoms with Crippen LogP contribution in [0, 0.1) is 13.8 Å². The Hall–Kier alpha value is -3.29. The predicted octanol–water partition coefficient (Wildman–Crippen LogP) is 1.37. The van der Waals surface area contributed by atoms with Gasteiger partial charge in [0, 0.05) is 6.07 Å². The molecule has 1 aliphatic heterocycles. The van der Waals surface area contributed by atoms with Crippen molar-refractivity contribution < 1.29 is 28.2 Å². The molecule has 1 amide bonds. The van der Waals surface area contributed by atoms with Crippen LogP contribution in [0.1, 0.15) is 21.7 Å². The fraction of sp³-hybridized carbons (Fsp3) is 0.316. The fourth-order valence-electron chi connectivity index (χ4n) is 2.71. The van der Waals surface area contributed by atoms with Crippen LogP contribution in [0.5, 0.6) is 11.5 Å². The predicted molar refractivity (Wildman–Crippen MR) is 94.1 cm³/mol. The number of esters is 1. The molecule has 0 radical (unpaired) electrons. The molecule has 2 aromatic rings. The smallest absolute Gasteiger partial charge is 0.342 e. The lowest BCUT2D eigenvalue weighted by molar-refractivity contribution is -0.124. The van der Waals surface area contributed by atoms with Gasteiger partial charge in [0.1, 0.15) is 24.0 Å². The maximum absolute atomic E-state index is 12.1. The second kappa shape index (κ2) is 7.94. The quantitative estimate of drug-likeness (QED) is 0.789. The first kappa shape index (κ1) is 18.5. The second-order valence-corrected chi connectivity index (χ2v) is 6.06. The van der Waals surface area contributed by atoms with Crippen molar-refractivity contribution in [2.75, 3.05) is 19.8 Å². The van der Waals surface area contributed by atoms with Gasteiger partial charge in [0.05, 0.1) is 6.54 Å². The van der Waals surface area contributed by atoms with E-state index in [9.17, 15) is 14.4 Å². The molecule has 8 nitrogen and oxygen atoms in total. The van der Waals surface area contributed by atoms with Crippen LogP contribution < -0.4 is 20.4 Å². The Morgan fingerprint density at radius 2 is 1.96 bits per heavy atom. The molecule has 0 aliphatic carbocycles. The summed E-state index contributed by atoms with van der Waals surface area (Å²) >= 11 is 0. The van der Waals surface area contributed by atoms with Gasteiger partial charge in [0.25, 0.3) is 5.91 Å². The Kier molecular flexibility index (Phi) is 5.44. The molecule has 1 atom stereocenters. The van der Waals surface area contributed by atoms with E-state index in [0.717, 1.165) is 0 Å². The highest BCUT2D eigenvalue weighted by molar-refractivity contribution is 5.93. The minimum absolute atomic E-state index is 0.142. The maximum atomic E-state index is 12.1. The molecule has 2 heterocycles. The molecule has 0 saturated heterocycles. The minimum atomic E-state index is -0.727. The number of ether oxygens (including phenoxy) is 3. The van der Waals surface area contributed by atoms with Crippen molar-refractivity contribution >= 4 is 11.9 Å². The van der Waals surface area contributed by atoms with E-state index in [1.165, 1.54) is 13.0 Å². The van der Waals surface area contributed by atoms with E-state index in [1.807, 2.05) is 12.1 Å². The highest BCUT2D eigenvalue weighted by Crippen LogP contribution is 2.30. The largest absolute Gasteiger partial charge is 0.486 e. The van der Waals surface area contributed by atoms with Crippen molar-refractivity contribution in [1.82, 2.24) is 5.32 Å². The Labute approximate surface area is 155 Å². The van der Waals surface area contributed by atoms with Crippen LogP contribution in [0.3, 0.4) is 0 Å². The summed E-state index contributed by atoms with van der Waals surface area (Å²) in [5, 5.41) is 2.63. The second-order valence-electron chi connectivity index (χ2n) is 6.06. The summed E-state index contributed by atoms with van der Waals surface area (Å²) in [5.74, 6) is 0.227. The van der Waals surface area contributed by atoms with E-state index in [1.54, 1.807) is 19.1 Å². The van der Waals surface area contributed by atoms with Gasteiger partial charge in [-0.3, -0.25) is 4.79 Å². The van der Waals surface area contributed by atoms with Crippen molar-refractivity contribution in [2.45, 2.75) is 20.0 Å². The topological polar surface area (TPSA) is 104 Å². The average molecular weight is 373 g/mol. The molecule has 1 aliphatic rings. The number of carbonyl (C=O) groups is 2. The van der Waals surface area contributed by atoms with E-state index in [4.69, 9.17) is 18.6 Å². The SMILES string of the molecule is Cc1cc(=O)oc(C)c1C(=O)OCC(=O)NCC1COc2ccccc2O1. The van der Waals surface area contributed by atoms with Gasteiger partial charge in [-0.2, -0.15) is 0 Å². The Bertz CT molecular complexity index is 892. The van der Waals surface area contributed by atoms with Crippen LogP contribution >= 0.6 is 0 Å². The molecule has 0 saturated carbocycles. The molecule has 142 valence electrons. The maximum Gasteiger partial charge on any atom is 0.342 e. The molecule has 1 N–H and O–H groups in total. The zero-order valence-electron chi connectivity index (χ0n) is 14.9. The average Bonchev–Trinajstić information content (AvgIpc) is 2.63. The van der Waals surface area contributed by atoms with Crippen molar-refractivity contribution in [3.05, 3.63) is 57.6 Å². The van der Waals surface area contributed by atoms with Gasteiger partial charge in [0.15, 0.2) is 18.1 Å². The number of benzene rings is 1. The van der Waals surface area contributed by atoms with Crippen molar-refractivity contribution in [2.24, 2.45) is 0 Å². The van der Waals surface area contributed by atoms with Gasteiger partial charge in [-0.05, 0) is 31.5 Å². The van der Waals surface area contributed by atoms with Gasteiger partial charge >= 0.3 is 11.6 Å². The third-order valence-corrected chi connectivity index (χ3v) is 3.97. The molecular formula is C19H19NO7. The van der Waals surface area contributed by atoms with Crippen molar-refractivity contribution in [1.29, 1.82) is 0 Å². The number of hydrogen-bond acceptors (Lipinski definition) is 7. The number of para-hydroxylation sites is 2. The Morgan fingerprint density at radius 3 is 2.70 bits per heavy atom. The first-order valence-corrected chi connectivity index (χ1v) is 8.37. The number of fused-ring (bicyclic) bond motifs is 1. The number of amides is 1. The van der Waals surface area contributed by atoms with Gasteiger partial charge in [-0.25, -0.2) is 9.59 Å². The summed E-state index contributed by atoms with van der Waals surface area (Å²) in [6.07, 6.45) is -0.340. The summed E-state index contributed by atoms with van der Waals surface area (Å²) in [6.45, 7) is 3.14. The van der Waals surface area contributed by atoms with Gasteiger partial charge in [-0.1, -0.05) is 12.1 Å². The van der Waals surface area contributed by atoms with Crippen LogP contribution in [-0.4, -0.2) is 37.7 Å². The standard InChI is InChI=1S/C19H19NO7/c1-11-7-17(22)26-12(2)18(11)19(23)25-10-16(21)20-8-13-9-24-14-5-3-4-6-15(14)27-13/h3-7,13H,8-10H2,1-2H3,(H,20,21). The van der Waals surface area contributed by atoms with E-state index < -0.39 is 24.1 Å². The van der Waals surface area contributed by atoms with Crippen molar-refractivity contribution in [3.63, 3.8) is 0 Å². The first-order chi connectivity index (χ1) is 12.9. The molecule has 1 unspecified atom stereocenters. The normalized spacial score (nSPS) is 15.1. The van der Waals surface area contributed by atoms with Crippen LogP contribution in [0.2, 0.25) is 0 Å². The third kappa shape index (κ3) is 4.46. The summed E-state index contributed by atoms with van der Waals surface area (Å²) in [7, 11) is 0. The number of rotatable bonds is 5. The summed E-state index contributed by atoms with van der Waals surface area (Å²) in [4.78, 5) is 35.3. The van der Waals surface area contributed by atoms with Crippen molar-refractivity contribution in [3.8, 4) is 11.5 Å². The summed E-state index contributed by atoms with van der Waals surface area (Å²) < 4.78 is 21.2. The Balaban J connectivity index is 1.48. The van der Waals surface area contributed by atoms with E-state index in [2.05, 4.69) is 5.32 Å². The van der Waals surface area contributed by atoms with Gasteiger partial charge in [0.2, 0.25) is 0 Å². The highest BCUT2D eigenvalue weighted by Gasteiger charge is 2.22.